The van der Waals surface area contributed by atoms with Gasteiger partial charge in [-0.05, 0) is 29.7 Å². The molecule has 4 heteroatoms. The first-order valence-electron chi connectivity index (χ1n) is 6.18. The van der Waals surface area contributed by atoms with Crippen molar-refractivity contribution in [1.82, 2.24) is 0 Å². The largest absolute Gasteiger partial charge is 0.496 e. The summed E-state index contributed by atoms with van der Waals surface area (Å²) >= 11 is 0. The quantitative estimate of drug-likeness (QED) is 0.769. The molecule has 0 saturated heterocycles. The van der Waals surface area contributed by atoms with Crippen LogP contribution in [0.15, 0.2) is 24.3 Å². The fraction of sp³-hybridized carbons (Fsp3) is 0.400. The second-order valence-electron chi connectivity index (χ2n) is 4.65. The fourth-order valence-electron chi connectivity index (χ4n) is 1.59. The summed E-state index contributed by atoms with van der Waals surface area (Å²) in [5.41, 5.74) is 1.72. The summed E-state index contributed by atoms with van der Waals surface area (Å²) in [7, 11) is 1.61. The number of carbonyl (C=O) groups is 1. The van der Waals surface area contributed by atoms with Gasteiger partial charge in [0.25, 0.3) is 0 Å². The molecule has 0 heterocycles. The van der Waals surface area contributed by atoms with Gasteiger partial charge in [0.05, 0.1) is 13.7 Å². The second kappa shape index (κ2) is 7.59. The van der Waals surface area contributed by atoms with E-state index in [2.05, 4.69) is 13.8 Å². The molecule has 0 aliphatic carbocycles. The van der Waals surface area contributed by atoms with Crippen LogP contribution < -0.4 is 4.74 Å². The Balaban J connectivity index is 2.80. The van der Waals surface area contributed by atoms with Crippen molar-refractivity contribution in [2.75, 3.05) is 13.7 Å². The van der Waals surface area contributed by atoms with E-state index in [-0.39, 0.29) is 0 Å². The minimum Gasteiger partial charge on any atom is -0.496 e. The van der Waals surface area contributed by atoms with Gasteiger partial charge in [0.15, 0.2) is 0 Å². The summed E-state index contributed by atoms with van der Waals surface area (Å²) < 4.78 is 10.8. The number of hydrogen-bond donors (Lipinski definition) is 1. The first kappa shape index (κ1) is 15.2. The summed E-state index contributed by atoms with van der Waals surface area (Å²) in [6, 6.07) is 5.50. The summed E-state index contributed by atoms with van der Waals surface area (Å²) in [5, 5.41) is 8.61. The van der Waals surface area contributed by atoms with Crippen molar-refractivity contribution in [3.05, 3.63) is 35.4 Å². The summed E-state index contributed by atoms with van der Waals surface area (Å²) in [6.07, 6.45) is 2.66. The first-order chi connectivity index (χ1) is 9.02. The van der Waals surface area contributed by atoms with E-state index in [1.807, 2.05) is 18.2 Å². The Hall–Kier alpha value is -1.81. The number of hydrogen-bond acceptors (Lipinski definition) is 3. The zero-order valence-electron chi connectivity index (χ0n) is 11.6. The predicted octanol–water partition coefficient (Wildman–Crippen LogP) is 2.97. The van der Waals surface area contributed by atoms with Gasteiger partial charge in [-0.1, -0.05) is 19.9 Å². The number of ether oxygens (including phenoxy) is 2. The normalized spacial score (nSPS) is 11.2. The molecule has 19 heavy (non-hydrogen) atoms. The monoisotopic (exact) mass is 264 g/mol. The van der Waals surface area contributed by atoms with Crippen LogP contribution in [-0.4, -0.2) is 24.8 Å². The van der Waals surface area contributed by atoms with Crippen LogP contribution in [0, 0.1) is 5.92 Å². The van der Waals surface area contributed by atoms with E-state index < -0.39 is 5.97 Å². The molecule has 1 rings (SSSR count). The fourth-order valence-corrected chi connectivity index (χ4v) is 1.59. The van der Waals surface area contributed by atoms with Crippen LogP contribution in [0.2, 0.25) is 0 Å². The standard InChI is InChI=1S/C15H20O4/c1-11(2)9-19-10-13-8-12(5-7-15(16)17)4-6-14(13)18-3/h4-8,11H,9-10H2,1-3H3,(H,16,17)/b7-5+. The number of carboxylic acids is 1. The second-order valence-corrected chi connectivity index (χ2v) is 4.65. The Morgan fingerprint density at radius 3 is 2.74 bits per heavy atom. The molecule has 0 aliphatic rings. The van der Waals surface area contributed by atoms with Gasteiger partial charge in [-0.3, -0.25) is 0 Å². The molecule has 0 spiro atoms. The highest BCUT2D eigenvalue weighted by Crippen LogP contribution is 2.21. The zero-order chi connectivity index (χ0) is 14.3. The summed E-state index contributed by atoms with van der Waals surface area (Å²) in [6.45, 7) is 5.31. The highest BCUT2D eigenvalue weighted by atomic mass is 16.5. The van der Waals surface area contributed by atoms with E-state index in [4.69, 9.17) is 14.6 Å². The SMILES string of the molecule is COc1ccc(/C=C/C(=O)O)cc1COCC(C)C. The molecule has 0 atom stereocenters. The third-order valence-corrected chi connectivity index (χ3v) is 2.43. The van der Waals surface area contributed by atoms with Crippen LogP contribution >= 0.6 is 0 Å². The molecule has 1 aromatic rings. The number of aliphatic carboxylic acids is 1. The Kier molecular flexibility index (Phi) is 6.09. The minimum absolute atomic E-state index is 0.454. The molecule has 0 aromatic heterocycles. The Morgan fingerprint density at radius 2 is 2.16 bits per heavy atom. The van der Waals surface area contributed by atoms with Gasteiger partial charge in [-0.25, -0.2) is 4.79 Å². The van der Waals surface area contributed by atoms with Crippen LogP contribution in [0.25, 0.3) is 6.08 Å². The lowest BCUT2D eigenvalue weighted by atomic mass is 10.1. The molecule has 0 bridgehead atoms. The van der Waals surface area contributed by atoms with Crippen molar-refractivity contribution in [3.8, 4) is 5.75 Å². The van der Waals surface area contributed by atoms with Crippen LogP contribution in [0.3, 0.4) is 0 Å². The molecule has 4 nitrogen and oxygen atoms in total. The van der Waals surface area contributed by atoms with Crippen molar-refractivity contribution in [2.45, 2.75) is 20.5 Å². The van der Waals surface area contributed by atoms with Crippen molar-refractivity contribution < 1.29 is 19.4 Å². The van der Waals surface area contributed by atoms with Crippen LogP contribution in [0.4, 0.5) is 0 Å². The molecular formula is C15H20O4. The van der Waals surface area contributed by atoms with Gasteiger partial charge in [0.1, 0.15) is 5.75 Å². The number of rotatable bonds is 7. The zero-order valence-corrected chi connectivity index (χ0v) is 11.6. The molecular weight excluding hydrogens is 244 g/mol. The van der Waals surface area contributed by atoms with Crippen LogP contribution in [0.5, 0.6) is 5.75 Å². The third kappa shape index (κ3) is 5.57. The topological polar surface area (TPSA) is 55.8 Å². The lowest BCUT2D eigenvalue weighted by Crippen LogP contribution is -2.03. The maximum Gasteiger partial charge on any atom is 0.328 e. The maximum absolute atomic E-state index is 10.5. The molecule has 104 valence electrons. The van der Waals surface area contributed by atoms with Crippen molar-refractivity contribution in [2.24, 2.45) is 5.92 Å². The maximum atomic E-state index is 10.5. The highest BCUT2D eigenvalue weighted by molar-refractivity contribution is 5.85. The molecule has 0 aliphatic heterocycles. The average Bonchev–Trinajstić information content (AvgIpc) is 2.36. The molecule has 0 radical (unpaired) electrons. The van der Waals surface area contributed by atoms with Gasteiger partial charge in [0, 0.05) is 18.2 Å². The van der Waals surface area contributed by atoms with Gasteiger partial charge in [-0.2, -0.15) is 0 Å². The lowest BCUT2D eigenvalue weighted by molar-refractivity contribution is -0.131. The smallest absolute Gasteiger partial charge is 0.328 e. The predicted molar refractivity (Wildman–Crippen MR) is 74.2 cm³/mol. The summed E-state index contributed by atoms with van der Waals surface area (Å²) in [4.78, 5) is 10.5. The number of benzene rings is 1. The molecule has 1 N–H and O–H groups in total. The average molecular weight is 264 g/mol. The van der Waals surface area contributed by atoms with Gasteiger partial charge >= 0.3 is 5.97 Å². The van der Waals surface area contributed by atoms with E-state index in [0.29, 0.717) is 19.1 Å². The molecule has 0 unspecified atom stereocenters. The van der Waals surface area contributed by atoms with Crippen molar-refractivity contribution in [1.29, 1.82) is 0 Å². The van der Waals surface area contributed by atoms with E-state index in [9.17, 15) is 4.79 Å². The Bertz CT molecular complexity index is 449. The Morgan fingerprint density at radius 1 is 1.42 bits per heavy atom. The molecule has 0 fully saturated rings. The first-order valence-corrected chi connectivity index (χ1v) is 6.18. The highest BCUT2D eigenvalue weighted by Gasteiger charge is 2.05. The van der Waals surface area contributed by atoms with Gasteiger partial charge < -0.3 is 14.6 Å². The van der Waals surface area contributed by atoms with Gasteiger partial charge in [-0.15, -0.1) is 0 Å². The summed E-state index contributed by atoms with van der Waals surface area (Å²) in [5.74, 6) is 0.255. The van der Waals surface area contributed by atoms with E-state index in [1.165, 1.54) is 0 Å². The van der Waals surface area contributed by atoms with Crippen LogP contribution in [-0.2, 0) is 16.1 Å². The third-order valence-electron chi connectivity index (χ3n) is 2.43. The van der Waals surface area contributed by atoms with Gasteiger partial charge in [0.2, 0.25) is 0 Å². The molecule has 1 aromatic carbocycles. The lowest BCUT2D eigenvalue weighted by Gasteiger charge is -2.11. The molecule has 0 amide bonds. The van der Waals surface area contributed by atoms with Crippen LogP contribution in [0.1, 0.15) is 25.0 Å². The Labute approximate surface area is 113 Å². The molecule has 0 saturated carbocycles. The number of methoxy groups -OCH3 is 1. The van der Waals surface area contributed by atoms with E-state index in [1.54, 1.807) is 13.2 Å². The van der Waals surface area contributed by atoms with E-state index >= 15 is 0 Å². The van der Waals surface area contributed by atoms with Crippen molar-refractivity contribution in [3.63, 3.8) is 0 Å². The minimum atomic E-state index is -0.964. The van der Waals surface area contributed by atoms with Crippen molar-refractivity contribution >= 4 is 12.0 Å². The van der Waals surface area contributed by atoms with E-state index in [0.717, 1.165) is 23.0 Å². The number of carboxylic acid groups (broad SMARTS) is 1.